The van der Waals surface area contributed by atoms with Crippen molar-refractivity contribution in [3.63, 3.8) is 0 Å². The van der Waals surface area contributed by atoms with E-state index >= 15 is 0 Å². The van der Waals surface area contributed by atoms with Crippen LogP contribution in [-0.2, 0) is 11.3 Å². The van der Waals surface area contributed by atoms with Crippen molar-refractivity contribution in [1.82, 2.24) is 19.9 Å². The number of thiazole rings is 1. The fraction of sp³-hybridized carbons (Fsp3) is 0.375. The molecule has 0 atom stereocenters. The average Bonchev–Trinajstić information content (AvgIpc) is 3.17. The highest BCUT2D eigenvalue weighted by Gasteiger charge is 2.32. The van der Waals surface area contributed by atoms with Crippen molar-refractivity contribution >= 4 is 23.2 Å². The number of nitrogens with one attached hydrogen (secondary N) is 1. The molecular weight excluding hydrogens is 374 g/mol. The minimum atomic E-state index is -0.895. The van der Waals surface area contributed by atoms with E-state index in [0.717, 1.165) is 0 Å². The highest BCUT2D eigenvalue weighted by atomic mass is 32.1. The van der Waals surface area contributed by atoms with E-state index in [9.17, 15) is 19.5 Å². The van der Waals surface area contributed by atoms with Crippen LogP contribution in [-0.4, -0.2) is 65.5 Å². The predicted molar refractivity (Wildman–Crippen MR) is 97.6 cm³/mol. The molecule has 0 fully saturated rings. The summed E-state index contributed by atoms with van der Waals surface area (Å²) in [6.45, 7) is 1.01. The first-order valence-corrected chi connectivity index (χ1v) is 8.96. The summed E-state index contributed by atoms with van der Waals surface area (Å²) in [5.41, 5.74) is -1.33. The topological polar surface area (TPSA) is 117 Å². The first-order valence-electron chi connectivity index (χ1n) is 8.08. The number of methoxy groups -OCH3 is 1. The van der Waals surface area contributed by atoms with Crippen LogP contribution in [0.4, 0.5) is 0 Å². The lowest BCUT2D eigenvalue weighted by atomic mass is 10.1. The SMILES string of the molecule is COCCN1CN(C)n2cc(C(=O)NCc3nccs3)c(=O)c(O)c2C1=O. The van der Waals surface area contributed by atoms with Crippen LogP contribution in [0.3, 0.4) is 0 Å². The van der Waals surface area contributed by atoms with E-state index in [2.05, 4.69) is 10.3 Å². The Hall–Kier alpha value is -2.92. The van der Waals surface area contributed by atoms with Gasteiger partial charge in [0.1, 0.15) is 17.2 Å². The molecule has 144 valence electrons. The smallest absolute Gasteiger partial charge is 0.277 e. The second kappa shape index (κ2) is 7.76. The van der Waals surface area contributed by atoms with Crippen molar-refractivity contribution < 1.29 is 19.4 Å². The molecule has 2 aromatic rings. The summed E-state index contributed by atoms with van der Waals surface area (Å²) in [6, 6.07) is 0. The molecule has 0 aromatic carbocycles. The number of hydrogen-bond donors (Lipinski definition) is 2. The van der Waals surface area contributed by atoms with E-state index < -0.39 is 23.0 Å². The molecular formula is C16H19N5O5S. The minimum absolute atomic E-state index is 0.165. The maximum atomic E-state index is 12.6. The van der Waals surface area contributed by atoms with Crippen LogP contribution in [0.15, 0.2) is 22.6 Å². The number of nitrogens with zero attached hydrogens (tertiary/aromatic N) is 4. The Bertz CT molecular complexity index is 911. The van der Waals surface area contributed by atoms with Crippen LogP contribution < -0.4 is 15.8 Å². The van der Waals surface area contributed by atoms with Crippen molar-refractivity contribution in [2.75, 3.05) is 39.0 Å². The molecule has 10 nitrogen and oxygen atoms in total. The Kier molecular flexibility index (Phi) is 5.42. The second-order valence-corrected chi connectivity index (χ2v) is 6.86. The van der Waals surface area contributed by atoms with E-state index in [-0.39, 0.29) is 24.5 Å². The average molecular weight is 393 g/mol. The molecule has 11 heteroatoms. The number of rotatable bonds is 6. The lowest BCUT2D eigenvalue weighted by Gasteiger charge is -2.37. The zero-order valence-corrected chi connectivity index (χ0v) is 15.7. The minimum Gasteiger partial charge on any atom is -0.502 e. The van der Waals surface area contributed by atoms with Gasteiger partial charge in [-0.2, -0.15) is 0 Å². The molecule has 0 unspecified atom stereocenters. The molecule has 2 aromatic heterocycles. The number of hydrogen-bond acceptors (Lipinski definition) is 8. The molecule has 2 amide bonds. The first kappa shape index (κ1) is 18.9. The van der Waals surface area contributed by atoms with Gasteiger partial charge < -0.3 is 20.1 Å². The molecule has 3 rings (SSSR count). The van der Waals surface area contributed by atoms with E-state index in [1.807, 2.05) is 0 Å². The normalized spacial score (nSPS) is 13.6. The van der Waals surface area contributed by atoms with Gasteiger partial charge in [-0.25, -0.2) is 4.98 Å². The third kappa shape index (κ3) is 3.64. The third-order valence-corrected chi connectivity index (χ3v) is 4.87. The van der Waals surface area contributed by atoms with Gasteiger partial charge in [-0.1, -0.05) is 0 Å². The van der Waals surface area contributed by atoms with Gasteiger partial charge in [0.25, 0.3) is 11.8 Å². The molecule has 0 bridgehead atoms. The summed E-state index contributed by atoms with van der Waals surface area (Å²) in [6.07, 6.45) is 2.88. The fourth-order valence-electron chi connectivity index (χ4n) is 2.71. The van der Waals surface area contributed by atoms with E-state index in [1.165, 1.54) is 34.2 Å². The van der Waals surface area contributed by atoms with Crippen LogP contribution >= 0.6 is 11.3 Å². The summed E-state index contributed by atoms with van der Waals surface area (Å²) in [7, 11) is 3.20. The molecule has 1 aliphatic heterocycles. The molecule has 0 spiro atoms. The quantitative estimate of drug-likeness (QED) is 0.684. The highest BCUT2D eigenvalue weighted by Crippen LogP contribution is 2.20. The Balaban J connectivity index is 1.90. The van der Waals surface area contributed by atoms with E-state index in [0.29, 0.717) is 18.2 Å². The second-order valence-electron chi connectivity index (χ2n) is 5.88. The van der Waals surface area contributed by atoms with Crippen molar-refractivity contribution in [2.45, 2.75) is 6.54 Å². The maximum absolute atomic E-state index is 12.6. The van der Waals surface area contributed by atoms with Gasteiger partial charge >= 0.3 is 0 Å². The molecule has 0 radical (unpaired) electrons. The zero-order chi connectivity index (χ0) is 19.6. The molecule has 0 aliphatic carbocycles. The number of carbonyl (C=O) groups excluding carboxylic acids is 2. The van der Waals surface area contributed by atoms with Crippen LogP contribution in [0.25, 0.3) is 0 Å². The standard InChI is InChI=1S/C16H19N5O5S/c1-19-9-20(4-5-26-2)16(25)12-14(23)13(22)10(8-21(12)19)15(24)18-7-11-17-3-6-27-11/h3,6,8,23H,4-5,7,9H2,1-2H3,(H,18,24). The lowest BCUT2D eigenvalue weighted by Crippen LogP contribution is -2.53. The zero-order valence-electron chi connectivity index (χ0n) is 14.8. The molecule has 0 saturated carbocycles. The summed E-state index contributed by atoms with van der Waals surface area (Å²) in [5, 5.41) is 17.0. The summed E-state index contributed by atoms with van der Waals surface area (Å²) < 4.78 is 6.30. The van der Waals surface area contributed by atoms with Gasteiger partial charge in [0, 0.05) is 38.5 Å². The molecule has 3 heterocycles. The van der Waals surface area contributed by atoms with Crippen molar-refractivity contribution in [3.05, 3.63) is 44.3 Å². The third-order valence-electron chi connectivity index (χ3n) is 4.09. The predicted octanol–water partition coefficient (Wildman–Crippen LogP) is -0.432. The van der Waals surface area contributed by atoms with Crippen LogP contribution in [0, 0.1) is 0 Å². The molecule has 2 N–H and O–H groups in total. The fourth-order valence-corrected chi connectivity index (χ4v) is 3.27. The van der Waals surface area contributed by atoms with Gasteiger partial charge in [-0.3, -0.25) is 24.1 Å². The van der Waals surface area contributed by atoms with Gasteiger partial charge in [-0.15, -0.1) is 11.3 Å². The van der Waals surface area contributed by atoms with Crippen LogP contribution in [0.1, 0.15) is 25.9 Å². The Morgan fingerprint density at radius 1 is 1.44 bits per heavy atom. The summed E-state index contributed by atoms with van der Waals surface area (Å²) in [4.78, 5) is 43.0. The van der Waals surface area contributed by atoms with Gasteiger partial charge in [0.15, 0.2) is 11.4 Å². The number of pyridine rings is 1. The number of aromatic hydroxyl groups is 1. The Morgan fingerprint density at radius 3 is 2.89 bits per heavy atom. The molecule has 0 saturated heterocycles. The van der Waals surface area contributed by atoms with Crippen molar-refractivity contribution in [3.8, 4) is 5.75 Å². The molecule has 27 heavy (non-hydrogen) atoms. The maximum Gasteiger partial charge on any atom is 0.277 e. The van der Waals surface area contributed by atoms with E-state index in [1.54, 1.807) is 23.6 Å². The van der Waals surface area contributed by atoms with Gasteiger partial charge in [0.05, 0.1) is 13.2 Å². The van der Waals surface area contributed by atoms with E-state index in [4.69, 9.17) is 4.74 Å². The lowest BCUT2D eigenvalue weighted by molar-refractivity contribution is 0.0629. The highest BCUT2D eigenvalue weighted by molar-refractivity contribution is 7.09. The number of amides is 2. The van der Waals surface area contributed by atoms with Crippen molar-refractivity contribution in [2.24, 2.45) is 0 Å². The van der Waals surface area contributed by atoms with Gasteiger partial charge in [0.2, 0.25) is 5.43 Å². The largest absolute Gasteiger partial charge is 0.502 e. The van der Waals surface area contributed by atoms with Crippen molar-refractivity contribution in [1.29, 1.82) is 0 Å². The summed E-state index contributed by atoms with van der Waals surface area (Å²) in [5.74, 6) is -1.91. The first-order chi connectivity index (χ1) is 12.9. The summed E-state index contributed by atoms with van der Waals surface area (Å²) >= 11 is 1.37. The van der Waals surface area contributed by atoms with Gasteiger partial charge in [-0.05, 0) is 0 Å². The number of aromatic nitrogens is 2. The number of carbonyl (C=O) groups is 2. The monoisotopic (exact) mass is 393 g/mol. The Morgan fingerprint density at radius 2 is 2.22 bits per heavy atom. The Labute approximate surface area is 158 Å². The van der Waals surface area contributed by atoms with Crippen LogP contribution in [0.5, 0.6) is 5.75 Å². The van der Waals surface area contributed by atoms with Crippen LogP contribution in [0.2, 0.25) is 0 Å². The number of ether oxygens (including phenoxy) is 1. The number of fused-ring (bicyclic) bond motifs is 1. The molecule has 1 aliphatic rings.